The first-order chi connectivity index (χ1) is 14.3. The minimum atomic E-state index is -3.69. The molecule has 9 heteroatoms. The molecule has 0 saturated carbocycles. The molecule has 0 aliphatic carbocycles. The number of ether oxygens (including phenoxy) is 1. The second-order valence-corrected chi connectivity index (χ2v) is 9.14. The lowest BCUT2D eigenvalue weighted by atomic mass is 9.98. The lowest BCUT2D eigenvalue weighted by molar-refractivity contribution is -0.121. The van der Waals surface area contributed by atoms with E-state index in [0.29, 0.717) is 30.8 Å². The van der Waals surface area contributed by atoms with E-state index in [2.05, 4.69) is 5.32 Å². The minimum absolute atomic E-state index is 0.125. The normalized spacial score (nSPS) is 17.3. The van der Waals surface area contributed by atoms with Crippen molar-refractivity contribution in [1.82, 2.24) is 4.31 Å². The molecular formula is C21H25N3O5S. The van der Waals surface area contributed by atoms with Gasteiger partial charge in [-0.1, -0.05) is 12.1 Å². The number of carbonyl (C=O) groups excluding carboxylic acids is 2. The molecule has 8 nitrogen and oxygen atoms in total. The molecule has 1 fully saturated rings. The van der Waals surface area contributed by atoms with E-state index >= 15 is 0 Å². The summed E-state index contributed by atoms with van der Waals surface area (Å²) in [5.41, 5.74) is 6.52. The highest BCUT2D eigenvalue weighted by Crippen LogP contribution is 2.26. The first-order valence-corrected chi connectivity index (χ1v) is 11.1. The van der Waals surface area contributed by atoms with Crippen LogP contribution in [0.3, 0.4) is 0 Å². The number of benzene rings is 2. The van der Waals surface area contributed by atoms with Gasteiger partial charge in [0, 0.05) is 18.8 Å². The van der Waals surface area contributed by atoms with E-state index in [1.54, 1.807) is 36.4 Å². The standard InChI is InChI=1S/C21H25N3O5S/c1-29-18-8-10-19(11-9-18)30(27,28)24-12-2-3-16(14-24)21(26)23-17-6-4-15(5-7-17)13-20(22)25/h4-11,16H,2-3,12-14H2,1H3,(H2,22,25)(H,23,26)/t16-/m1/s1. The molecule has 1 atom stereocenters. The fourth-order valence-corrected chi connectivity index (χ4v) is 4.95. The maximum Gasteiger partial charge on any atom is 0.243 e. The summed E-state index contributed by atoms with van der Waals surface area (Å²) in [5, 5.41) is 2.83. The fourth-order valence-electron chi connectivity index (χ4n) is 3.42. The van der Waals surface area contributed by atoms with E-state index in [0.717, 1.165) is 5.56 Å². The molecule has 2 aromatic rings. The number of hydrogen-bond donors (Lipinski definition) is 2. The van der Waals surface area contributed by atoms with E-state index in [1.807, 2.05) is 0 Å². The number of hydrogen-bond acceptors (Lipinski definition) is 5. The van der Waals surface area contributed by atoms with Crippen LogP contribution in [0.15, 0.2) is 53.4 Å². The molecule has 2 amide bonds. The van der Waals surface area contributed by atoms with Gasteiger partial charge in [0.05, 0.1) is 24.3 Å². The maximum atomic E-state index is 13.0. The first-order valence-electron chi connectivity index (χ1n) is 9.62. The Kier molecular flexibility index (Phi) is 6.73. The number of primary amides is 1. The van der Waals surface area contributed by atoms with Crippen LogP contribution in [0, 0.1) is 5.92 Å². The van der Waals surface area contributed by atoms with Gasteiger partial charge >= 0.3 is 0 Å². The van der Waals surface area contributed by atoms with Crippen LogP contribution >= 0.6 is 0 Å². The molecule has 2 aromatic carbocycles. The quantitative estimate of drug-likeness (QED) is 0.692. The molecule has 0 unspecified atom stereocenters. The van der Waals surface area contributed by atoms with Crippen molar-refractivity contribution < 1.29 is 22.7 Å². The van der Waals surface area contributed by atoms with Crippen molar-refractivity contribution in [3.05, 3.63) is 54.1 Å². The Balaban J connectivity index is 1.66. The molecule has 30 heavy (non-hydrogen) atoms. The van der Waals surface area contributed by atoms with Crippen molar-refractivity contribution in [3.8, 4) is 5.75 Å². The van der Waals surface area contributed by atoms with Gasteiger partial charge < -0.3 is 15.8 Å². The zero-order valence-corrected chi connectivity index (χ0v) is 17.5. The van der Waals surface area contributed by atoms with Gasteiger partial charge in [-0.15, -0.1) is 0 Å². The molecule has 3 N–H and O–H groups in total. The van der Waals surface area contributed by atoms with Crippen LogP contribution in [0.25, 0.3) is 0 Å². The summed E-state index contributed by atoms with van der Waals surface area (Å²) in [4.78, 5) is 23.9. The Labute approximate surface area is 176 Å². The largest absolute Gasteiger partial charge is 0.497 e. The van der Waals surface area contributed by atoms with Crippen LogP contribution in [0.1, 0.15) is 18.4 Å². The minimum Gasteiger partial charge on any atom is -0.497 e. The maximum absolute atomic E-state index is 13.0. The highest BCUT2D eigenvalue weighted by atomic mass is 32.2. The first kappa shape index (κ1) is 21.8. The summed E-state index contributed by atoms with van der Waals surface area (Å²) in [6.07, 6.45) is 1.35. The number of sulfonamides is 1. The summed E-state index contributed by atoms with van der Waals surface area (Å²) >= 11 is 0. The molecule has 0 aromatic heterocycles. The number of anilines is 1. The lowest BCUT2D eigenvalue weighted by Gasteiger charge is -2.31. The summed E-state index contributed by atoms with van der Waals surface area (Å²) in [6.45, 7) is 0.500. The van der Waals surface area contributed by atoms with Crippen molar-refractivity contribution in [2.45, 2.75) is 24.2 Å². The molecule has 1 heterocycles. The third-order valence-electron chi connectivity index (χ3n) is 5.05. The van der Waals surface area contributed by atoms with Crippen LogP contribution in [-0.2, 0) is 26.0 Å². The monoisotopic (exact) mass is 431 g/mol. The highest BCUT2D eigenvalue weighted by Gasteiger charge is 2.33. The van der Waals surface area contributed by atoms with Gasteiger partial charge in [0.25, 0.3) is 0 Å². The SMILES string of the molecule is COc1ccc(S(=O)(=O)N2CCC[C@@H](C(=O)Nc3ccc(CC(N)=O)cc3)C2)cc1. The number of nitrogens with one attached hydrogen (secondary N) is 1. The van der Waals surface area contributed by atoms with Crippen LogP contribution in [0.4, 0.5) is 5.69 Å². The highest BCUT2D eigenvalue weighted by molar-refractivity contribution is 7.89. The molecule has 1 aliphatic heterocycles. The molecule has 160 valence electrons. The lowest BCUT2D eigenvalue weighted by Crippen LogP contribution is -2.43. The number of methoxy groups -OCH3 is 1. The third kappa shape index (κ3) is 5.17. The van der Waals surface area contributed by atoms with Crippen molar-refractivity contribution >= 4 is 27.5 Å². The van der Waals surface area contributed by atoms with Crippen LogP contribution in [0.2, 0.25) is 0 Å². The van der Waals surface area contributed by atoms with Gasteiger partial charge in [-0.2, -0.15) is 4.31 Å². The number of carbonyl (C=O) groups is 2. The van der Waals surface area contributed by atoms with Crippen molar-refractivity contribution in [1.29, 1.82) is 0 Å². The molecule has 0 spiro atoms. The molecule has 1 aliphatic rings. The molecule has 3 rings (SSSR count). The zero-order valence-electron chi connectivity index (χ0n) is 16.7. The van der Waals surface area contributed by atoms with E-state index in [9.17, 15) is 18.0 Å². The van der Waals surface area contributed by atoms with Gasteiger partial charge in [-0.25, -0.2) is 8.42 Å². The van der Waals surface area contributed by atoms with Crippen LogP contribution in [0.5, 0.6) is 5.75 Å². The van der Waals surface area contributed by atoms with Crippen molar-refractivity contribution in [3.63, 3.8) is 0 Å². The molecular weight excluding hydrogens is 406 g/mol. The summed E-state index contributed by atoms with van der Waals surface area (Å²) in [6, 6.07) is 13.1. The van der Waals surface area contributed by atoms with E-state index in [4.69, 9.17) is 10.5 Å². The van der Waals surface area contributed by atoms with Gasteiger partial charge in [0.1, 0.15) is 5.75 Å². The average Bonchev–Trinajstić information content (AvgIpc) is 2.75. The Hall–Kier alpha value is -2.91. The zero-order chi connectivity index (χ0) is 21.7. The fraction of sp³-hybridized carbons (Fsp3) is 0.333. The summed E-state index contributed by atoms with van der Waals surface area (Å²) in [5.74, 6) is -0.525. The Bertz CT molecular complexity index is 1000. The predicted octanol–water partition coefficient (Wildman–Crippen LogP) is 1.76. The van der Waals surface area contributed by atoms with Crippen LogP contribution in [-0.4, -0.2) is 44.7 Å². The second kappa shape index (κ2) is 9.27. The predicted molar refractivity (Wildman–Crippen MR) is 112 cm³/mol. The number of piperidine rings is 1. The smallest absolute Gasteiger partial charge is 0.243 e. The second-order valence-electron chi connectivity index (χ2n) is 7.21. The molecule has 0 bridgehead atoms. The molecule has 0 radical (unpaired) electrons. The number of amides is 2. The number of nitrogens with two attached hydrogens (primary N) is 1. The number of nitrogens with zero attached hydrogens (tertiary/aromatic N) is 1. The van der Waals surface area contributed by atoms with E-state index in [-0.39, 0.29) is 23.8 Å². The topological polar surface area (TPSA) is 119 Å². The van der Waals surface area contributed by atoms with Gasteiger partial charge in [0.15, 0.2) is 0 Å². The van der Waals surface area contributed by atoms with Gasteiger partial charge in [0.2, 0.25) is 21.8 Å². The van der Waals surface area contributed by atoms with E-state index < -0.39 is 21.8 Å². The Morgan fingerprint density at radius 1 is 1.13 bits per heavy atom. The van der Waals surface area contributed by atoms with Crippen molar-refractivity contribution in [2.75, 3.05) is 25.5 Å². The van der Waals surface area contributed by atoms with Gasteiger partial charge in [-0.3, -0.25) is 9.59 Å². The number of rotatable bonds is 7. The van der Waals surface area contributed by atoms with Gasteiger partial charge in [-0.05, 0) is 54.8 Å². The average molecular weight is 432 g/mol. The Morgan fingerprint density at radius 3 is 2.40 bits per heavy atom. The van der Waals surface area contributed by atoms with Crippen molar-refractivity contribution in [2.24, 2.45) is 11.7 Å². The van der Waals surface area contributed by atoms with Crippen LogP contribution < -0.4 is 15.8 Å². The summed E-state index contributed by atoms with van der Waals surface area (Å²) in [7, 11) is -2.17. The van der Waals surface area contributed by atoms with E-state index in [1.165, 1.54) is 23.5 Å². The third-order valence-corrected chi connectivity index (χ3v) is 6.93. The molecule has 1 saturated heterocycles. The Morgan fingerprint density at radius 2 is 1.80 bits per heavy atom. The summed E-state index contributed by atoms with van der Waals surface area (Å²) < 4.78 is 32.3.